The van der Waals surface area contributed by atoms with Gasteiger partial charge in [-0.2, -0.15) is 4.98 Å². The first-order chi connectivity index (χ1) is 9.83. The van der Waals surface area contributed by atoms with Crippen LogP contribution in [0.4, 0.5) is 11.8 Å². The van der Waals surface area contributed by atoms with E-state index in [2.05, 4.69) is 33.6 Å². The quantitative estimate of drug-likeness (QED) is 0.886. The van der Waals surface area contributed by atoms with Gasteiger partial charge in [0.05, 0.1) is 18.0 Å². The highest BCUT2D eigenvalue weighted by atomic mass is 32.1. The number of hydrogen-bond donors (Lipinski definition) is 2. The lowest BCUT2D eigenvalue weighted by Gasteiger charge is -2.25. The molecule has 1 fully saturated rings. The molecule has 108 valence electrons. The third-order valence-electron chi connectivity index (χ3n) is 3.70. The Bertz CT molecular complexity index is 586. The highest BCUT2D eigenvalue weighted by Crippen LogP contribution is 2.33. The van der Waals surface area contributed by atoms with Crippen LogP contribution in [0.1, 0.15) is 26.2 Å². The SMILES string of the molecule is CCCNc1nc(N2CCCC2CO)c2ccsc2n1. The van der Waals surface area contributed by atoms with Crippen molar-refractivity contribution in [3.8, 4) is 0 Å². The summed E-state index contributed by atoms with van der Waals surface area (Å²) in [5, 5.41) is 15.9. The van der Waals surface area contributed by atoms with Gasteiger partial charge in [-0.1, -0.05) is 6.92 Å². The molecule has 1 aliphatic rings. The molecule has 6 heteroatoms. The van der Waals surface area contributed by atoms with Gasteiger partial charge in [0.15, 0.2) is 0 Å². The average molecular weight is 292 g/mol. The normalized spacial score (nSPS) is 18.9. The Morgan fingerprint density at radius 2 is 2.40 bits per heavy atom. The Hall–Kier alpha value is -1.40. The van der Waals surface area contributed by atoms with Gasteiger partial charge in [-0.25, -0.2) is 4.98 Å². The van der Waals surface area contributed by atoms with Gasteiger partial charge >= 0.3 is 0 Å². The number of aromatic nitrogens is 2. The van der Waals surface area contributed by atoms with E-state index in [0.717, 1.165) is 48.4 Å². The highest BCUT2D eigenvalue weighted by molar-refractivity contribution is 7.16. The number of nitrogens with zero attached hydrogens (tertiary/aromatic N) is 3. The first-order valence-electron chi connectivity index (χ1n) is 7.20. The molecule has 3 heterocycles. The second-order valence-electron chi connectivity index (χ2n) is 5.11. The topological polar surface area (TPSA) is 61.3 Å². The van der Waals surface area contributed by atoms with Gasteiger partial charge in [-0.15, -0.1) is 11.3 Å². The minimum absolute atomic E-state index is 0.187. The first-order valence-corrected chi connectivity index (χ1v) is 8.08. The molecule has 2 N–H and O–H groups in total. The van der Waals surface area contributed by atoms with Gasteiger partial charge in [-0.3, -0.25) is 0 Å². The van der Waals surface area contributed by atoms with E-state index in [1.165, 1.54) is 0 Å². The second-order valence-corrected chi connectivity index (χ2v) is 6.00. The van der Waals surface area contributed by atoms with E-state index in [0.29, 0.717) is 5.95 Å². The van der Waals surface area contributed by atoms with Gasteiger partial charge in [0.1, 0.15) is 10.6 Å². The summed E-state index contributed by atoms with van der Waals surface area (Å²) in [7, 11) is 0. The van der Waals surface area contributed by atoms with Crippen molar-refractivity contribution in [3.05, 3.63) is 11.4 Å². The maximum atomic E-state index is 9.53. The van der Waals surface area contributed by atoms with Crippen LogP contribution in [0.3, 0.4) is 0 Å². The Morgan fingerprint density at radius 3 is 3.20 bits per heavy atom. The number of nitrogens with one attached hydrogen (secondary N) is 1. The maximum absolute atomic E-state index is 9.53. The van der Waals surface area contributed by atoms with E-state index in [-0.39, 0.29) is 12.6 Å². The molecule has 0 radical (unpaired) electrons. The number of rotatable bonds is 5. The number of thiophene rings is 1. The molecule has 5 nitrogen and oxygen atoms in total. The average Bonchev–Trinajstić information content (AvgIpc) is 3.12. The summed E-state index contributed by atoms with van der Waals surface area (Å²) in [5.41, 5.74) is 0. The van der Waals surface area contributed by atoms with Crippen LogP contribution in [0.5, 0.6) is 0 Å². The first kappa shape index (κ1) is 13.6. The van der Waals surface area contributed by atoms with Crippen LogP contribution < -0.4 is 10.2 Å². The van der Waals surface area contributed by atoms with Gasteiger partial charge in [0, 0.05) is 13.1 Å². The van der Waals surface area contributed by atoms with Crippen molar-refractivity contribution in [1.29, 1.82) is 0 Å². The lowest BCUT2D eigenvalue weighted by atomic mass is 10.2. The van der Waals surface area contributed by atoms with Crippen molar-refractivity contribution in [3.63, 3.8) is 0 Å². The van der Waals surface area contributed by atoms with E-state index in [1.807, 2.05) is 0 Å². The van der Waals surface area contributed by atoms with Gasteiger partial charge in [0.25, 0.3) is 0 Å². The molecule has 0 spiro atoms. The molecule has 0 saturated carbocycles. The van der Waals surface area contributed by atoms with Crippen LogP contribution in [0.15, 0.2) is 11.4 Å². The molecule has 20 heavy (non-hydrogen) atoms. The molecule has 1 atom stereocenters. The zero-order valence-corrected chi connectivity index (χ0v) is 12.5. The molecule has 1 saturated heterocycles. The smallest absolute Gasteiger partial charge is 0.226 e. The summed E-state index contributed by atoms with van der Waals surface area (Å²) in [6.45, 7) is 4.15. The Labute approximate surface area is 122 Å². The summed E-state index contributed by atoms with van der Waals surface area (Å²) >= 11 is 1.64. The Balaban J connectivity index is 2.01. The van der Waals surface area contributed by atoms with Crippen LogP contribution in [0, 0.1) is 0 Å². The van der Waals surface area contributed by atoms with E-state index in [4.69, 9.17) is 4.98 Å². The third kappa shape index (κ3) is 2.45. The number of aliphatic hydroxyl groups excluding tert-OH is 1. The summed E-state index contributed by atoms with van der Waals surface area (Å²) in [6, 6.07) is 2.26. The number of hydrogen-bond acceptors (Lipinski definition) is 6. The number of anilines is 2. The van der Waals surface area contributed by atoms with Crippen molar-refractivity contribution in [1.82, 2.24) is 9.97 Å². The second kappa shape index (κ2) is 5.93. The van der Waals surface area contributed by atoms with Crippen molar-refractivity contribution in [2.45, 2.75) is 32.2 Å². The summed E-state index contributed by atoms with van der Waals surface area (Å²) in [6.07, 6.45) is 3.19. The maximum Gasteiger partial charge on any atom is 0.226 e. The molecular weight excluding hydrogens is 272 g/mol. The fourth-order valence-electron chi connectivity index (χ4n) is 2.68. The monoisotopic (exact) mass is 292 g/mol. The molecule has 0 aromatic carbocycles. The predicted octanol–water partition coefficient (Wildman–Crippen LogP) is 2.47. The van der Waals surface area contributed by atoms with Crippen LogP contribution in [-0.4, -0.2) is 40.8 Å². The molecule has 2 aromatic heterocycles. The largest absolute Gasteiger partial charge is 0.394 e. The molecule has 0 aliphatic carbocycles. The minimum atomic E-state index is 0.187. The fraction of sp³-hybridized carbons (Fsp3) is 0.571. The van der Waals surface area contributed by atoms with Crippen LogP contribution in [0.25, 0.3) is 10.2 Å². The highest BCUT2D eigenvalue weighted by Gasteiger charge is 2.27. The van der Waals surface area contributed by atoms with E-state index < -0.39 is 0 Å². The molecule has 1 unspecified atom stereocenters. The van der Waals surface area contributed by atoms with Crippen molar-refractivity contribution >= 4 is 33.3 Å². The Kier molecular flexibility index (Phi) is 4.03. The number of aliphatic hydroxyl groups is 1. The van der Waals surface area contributed by atoms with Crippen LogP contribution in [-0.2, 0) is 0 Å². The van der Waals surface area contributed by atoms with Gasteiger partial charge < -0.3 is 15.3 Å². The minimum Gasteiger partial charge on any atom is -0.394 e. The molecular formula is C14H20N4OS. The van der Waals surface area contributed by atoms with Crippen molar-refractivity contribution in [2.24, 2.45) is 0 Å². The summed E-state index contributed by atoms with van der Waals surface area (Å²) in [4.78, 5) is 12.5. The zero-order valence-electron chi connectivity index (χ0n) is 11.7. The fourth-order valence-corrected chi connectivity index (χ4v) is 3.44. The zero-order chi connectivity index (χ0) is 13.9. The predicted molar refractivity (Wildman–Crippen MR) is 83.6 cm³/mol. The standard InChI is InChI=1S/C14H20N4OS/c1-2-6-15-14-16-12(11-5-8-20-13(11)17-14)18-7-3-4-10(18)9-19/h5,8,10,19H,2-4,6-7,9H2,1H3,(H,15,16,17). The molecule has 2 aromatic rings. The van der Waals surface area contributed by atoms with Gasteiger partial charge in [0.2, 0.25) is 5.95 Å². The van der Waals surface area contributed by atoms with Gasteiger partial charge in [-0.05, 0) is 30.7 Å². The molecule has 0 bridgehead atoms. The molecule has 0 amide bonds. The Morgan fingerprint density at radius 1 is 1.50 bits per heavy atom. The lowest BCUT2D eigenvalue weighted by Crippen LogP contribution is -2.33. The van der Waals surface area contributed by atoms with Crippen molar-refractivity contribution in [2.75, 3.05) is 29.9 Å². The van der Waals surface area contributed by atoms with Crippen molar-refractivity contribution < 1.29 is 5.11 Å². The molecule has 1 aliphatic heterocycles. The van der Waals surface area contributed by atoms with Crippen LogP contribution >= 0.6 is 11.3 Å². The van der Waals surface area contributed by atoms with Crippen LogP contribution in [0.2, 0.25) is 0 Å². The third-order valence-corrected chi connectivity index (χ3v) is 4.50. The number of fused-ring (bicyclic) bond motifs is 1. The molecule has 3 rings (SSSR count). The van der Waals surface area contributed by atoms with E-state index in [1.54, 1.807) is 11.3 Å². The van der Waals surface area contributed by atoms with E-state index >= 15 is 0 Å². The van der Waals surface area contributed by atoms with E-state index in [9.17, 15) is 5.11 Å². The summed E-state index contributed by atoms with van der Waals surface area (Å²) < 4.78 is 0. The lowest BCUT2D eigenvalue weighted by molar-refractivity contribution is 0.266. The summed E-state index contributed by atoms with van der Waals surface area (Å²) in [5.74, 6) is 1.66.